The molecule has 18 nitrogen and oxygen atoms in total. The number of aliphatic hydroxyl groups is 2. The number of aromatic nitrogens is 4. The first-order valence-corrected chi connectivity index (χ1v) is 16.4. The number of fused-ring (bicyclic) bond motifs is 1. The number of methoxy groups -OCH3 is 1. The molecule has 2 aromatic rings. The zero-order valence-corrected chi connectivity index (χ0v) is 26.0. The van der Waals surface area contributed by atoms with E-state index in [0.717, 1.165) is 4.90 Å². The zero-order chi connectivity index (χ0) is 31.8. The van der Waals surface area contributed by atoms with Crippen LogP contribution in [0, 0.1) is 0 Å². The zero-order valence-electron chi connectivity index (χ0n) is 24.3. The van der Waals surface area contributed by atoms with Gasteiger partial charge in [0.25, 0.3) is 5.91 Å². The molecule has 0 saturated carbocycles. The van der Waals surface area contributed by atoms with Crippen LogP contribution in [0.15, 0.2) is 6.33 Å². The number of imidazole rings is 1. The van der Waals surface area contributed by atoms with Crippen molar-refractivity contribution in [3.05, 3.63) is 6.33 Å². The Bertz CT molecular complexity index is 1430. The van der Waals surface area contributed by atoms with Gasteiger partial charge < -0.3 is 39.6 Å². The molecule has 4 rings (SSSR count). The number of aliphatic hydroxyl groups excluding tert-OH is 2. The second-order valence-corrected chi connectivity index (χ2v) is 14.5. The minimum Gasteiger partial charge on any atom is -0.479 e. The number of nitrogen functional groups attached to an aromatic ring is 1. The van der Waals surface area contributed by atoms with Crippen molar-refractivity contribution >= 4 is 53.1 Å². The fourth-order valence-corrected chi connectivity index (χ4v) is 8.41. The number of urea groups is 1. The summed E-state index contributed by atoms with van der Waals surface area (Å²) >= 11 is 0.702. The maximum atomic E-state index is 14.0. The second kappa shape index (κ2) is 12.9. The normalized spacial score (nSPS) is 26.4. The number of nitrogens with two attached hydrogens (primary N) is 1. The molecular weight excluding hydrogens is 611 g/mol. The van der Waals surface area contributed by atoms with Crippen LogP contribution in [0.5, 0.6) is 5.88 Å². The molecule has 2 fully saturated rings. The average molecular weight is 647 g/mol. The van der Waals surface area contributed by atoms with Gasteiger partial charge in [-0.25, -0.2) is 14.9 Å². The van der Waals surface area contributed by atoms with Crippen molar-refractivity contribution < 1.29 is 47.9 Å². The largest absolute Gasteiger partial charge is 0.479 e. The molecule has 4 heterocycles. The van der Waals surface area contributed by atoms with Crippen LogP contribution in [-0.2, 0) is 28.2 Å². The van der Waals surface area contributed by atoms with Crippen molar-refractivity contribution in [1.82, 2.24) is 34.4 Å². The summed E-state index contributed by atoms with van der Waals surface area (Å²) in [5, 5.41) is 24.3. The van der Waals surface area contributed by atoms with Crippen LogP contribution < -0.4 is 15.6 Å². The van der Waals surface area contributed by atoms with Gasteiger partial charge in [0.1, 0.15) is 30.4 Å². The van der Waals surface area contributed by atoms with Gasteiger partial charge >= 0.3 is 18.7 Å². The number of nitrogens with zero attached hydrogens (tertiary/aromatic N) is 6. The van der Waals surface area contributed by atoms with Crippen LogP contribution in [0.2, 0.25) is 0 Å². The Labute approximate surface area is 250 Å². The number of anilines is 1. The van der Waals surface area contributed by atoms with E-state index in [0.29, 0.717) is 11.4 Å². The van der Waals surface area contributed by atoms with Crippen LogP contribution in [0.3, 0.4) is 0 Å². The smallest absolute Gasteiger partial charge is 0.327 e. The predicted octanol–water partition coefficient (Wildman–Crippen LogP) is -0.284. The molecule has 0 bridgehead atoms. The average Bonchev–Trinajstić information content (AvgIpc) is 3.55. The molecule has 238 valence electrons. The van der Waals surface area contributed by atoms with E-state index in [1.54, 1.807) is 13.8 Å². The van der Waals surface area contributed by atoms with Crippen molar-refractivity contribution in [1.29, 1.82) is 0 Å². The Balaban J connectivity index is 1.51. The fourth-order valence-electron chi connectivity index (χ4n) is 4.44. The van der Waals surface area contributed by atoms with Crippen molar-refractivity contribution in [2.75, 3.05) is 39.3 Å². The summed E-state index contributed by atoms with van der Waals surface area (Å²) in [6.07, 6.45) is -4.51. The first-order valence-electron chi connectivity index (χ1n) is 13.1. The lowest BCUT2D eigenvalue weighted by atomic mass is 10.1. The van der Waals surface area contributed by atoms with Gasteiger partial charge in [-0.3, -0.25) is 23.6 Å². The number of carbonyl (C=O) groups excluding carboxylic acids is 3. The first-order chi connectivity index (χ1) is 20.2. The standard InChI is InChI=1S/C23H35N8O10PS/c1-10(2)40-21(35)11(3)28-42(37,43-8-12-19(34)30(5)23(36)29(12)4)39-7-13-15(32)16(33)20(41-13)31-9-25-14-17(31)26-22(24)27-18(14)38-6/h9-13,15-16,20,32-33H,7-8H2,1-6H3,(H,28,37)(H2,24,26,27)/t11-,12?,13?,15-,16-,20?,42?/m1/s1. The Hall–Kier alpha value is -3.06. The molecule has 0 spiro atoms. The van der Waals surface area contributed by atoms with Crippen LogP contribution in [-0.4, -0.2) is 128 Å². The van der Waals surface area contributed by atoms with Crippen molar-refractivity contribution in [2.45, 2.75) is 63.5 Å². The molecule has 4 unspecified atom stereocenters. The van der Waals surface area contributed by atoms with Crippen molar-refractivity contribution in [3.63, 3.8) is 0 Å². The molecule has 0 radical (unpaired) electrons. The number of esters is 1. The minimum absolute atomic E-state index is 0.0996. The van der Waals surface area contributed by atoms with E-state index in [4.69, 9.17) is 24.5 Å². The van der Waals surface area contributed by atoms with Crippen molar-refractivity contribution in [3.8, 4) is 5.88 Å². The Morgan fingerprint density at radius 2 is 1.93 bits per heavy atom. The molecule has 2 saturated heterocycles. The summed E-state index contributed by atoms with van der Waals surface area (Å²) in [4.78, 5) is 51.7. The quantitative estimate of drug-likeness (QED) is 0.132. The van der Waals surface area contributed by atoms with E-state index in [2.05, 4.69) is 20.0 Å². The van der Waals surface area contributed by atoms with Gasteiger partial charge in [0.15, 0.2) is 17.4 Å². The molecule has 0 aromatic carbocycles. The Kier molecular flexibility index (Phi) is 9.85. The third-order valence-electron chi connectivity index (χ3n) is 6.75. The highest BCUT2D eigenvalue weighted by molar-refractivity contribution is 8.56. The number of likely N-dealkylation sites (N-methyl/N-ethyl adjacent to an activating group) is 2. The monoisotopic (exact) mass is 646 g/mol. The van der Waals surface area contributed by atoms with Gasteiger partial charge in [0.2, 0.25) is 11.8 Å². The Morgan fingerprint density at radius 1 is 1.23 bits per heavy atom. The van der Waals surface area contributed by atoms with E-state index in [9.17, 15) is 29.2 Å². The summed E-state index contributed by atoms with van der Waals surface area (Å²) in [5.74, 6) is -1.34. The van der Waals surface area contributed by atoms with Gasteiger partial charge in [0.05, 0.1) is 26.1 Å². The maximum absolute atomic E-state index is 14.0. The fraction of sp³-hybridized carbons (Fsp3) is 0.652. The summed E-state index contributed by atoms with van der Waals surface area (Å²) in [7, 11) is 4.16. The van der Waals surface area contributed by atoms with E-state index < -0.39 is 74.0 Å². The van der Waals surface area contributed by atoms with Gasteiger partial charge in [-0.2, -0.15) is 9.97 Å². The Morgan fingerprint density at radius 3 is 2.53 bits per heavy atom. The van der Waals surface area contributed by atoms with Gasteiger partial charge in [-0.15, -0.1) is 0 Å². The van der Waals surface area contributed by atoms with Gasteiger partial charge in [-0.1, -0.05) is 11.4 Å². The maximum Gasteiger partial charge on any atom is 0.327 e. The van der Waals surface area contributed by atoms with Gasteiger partial charge in [0, 0.05) is 19.8 Å². The van der Waals surface area contributed by atoms with Gasteiger partial charge in [-0.05, 0) is 20.8 Å². The molecule has 2 aliphatic heterocycles. The van der Waals surface area contributed by atoms with E-state index in [1.165, 1.54) is 43.9 Å². The molecule has 43 heavy (non-hydrogen) atoms. The highest BCUT2D eigenvalue weighted by Gasteiger charge is 2.47. The molecule has 20 heteroatoms. The number of ether oxygens (including phenoxy) is 3. The number of amides is 3. The number of nitrogens with one attached hydrogen (secondary N) is 1. The molecule has 2 aliphatic rings. The summed E-state index contributed by atoms with van der Waals surface area (Å²) in [6.45, 7) is 0.201. The van der Waals surface area contributed by atoms with E-state index >= 15 is 0 Å². The predicted molar refractivity (Wildman–Crippen MR) is 152 cm³/mol. The molecule has 5 N–H and O–H groups in total. The lowest BCUT2D eigenvalue weighted by Crippen LogP contribution is -2.37. The van der Waals surface area contributed by atoms with Crippen molar-refractivity contribution in [2.24, 2.45) is 0 Å². The molecule has 0 aliphatic carbocycles. The SMILES string of the molecule is COc1nc(N)nc2c1ncn2C1OC(COP(=O)(N[C@H](C)C(=O)OC(C)C)SCC2C(=O)N(C)C(=O)N2C)[C@@H](O)[C@H]1O. The number of imide groups is 1. The lowest BCUT2D eigenvalue weighted by Gasteiger charge is -2.26. The van der Waals surface area contributed by atoms with Crippen LogP contribution in [0.1, 0.15) is 27.0 Å². The number of rotatable bonds is 12. The highest BCUT2D eigenvalue weighted by Crippen LogP contribution is 2.57. The summed E-state index contributed by atoms with van der Waals surface area (Å²) < 4.78 is 37.4. The van der Waals surface area contributed by atoms with E-state index in [-0.39, 0.29) is 28.7 Å². The number of hydrogen-bond donors (Lipinski definition) is 4. The third kappa shape index (κ3) is 6.72. The molecule has 3 amide bonds. The minimum atomic E-state index is -4.04. The molecule has 7 atom stereocenters. The van der Waals surface area contributed by atoms with Crippen LogP contribution in [0.25, 0.3) is 11.2 Å². The van der Waals surface area contributed by atoms with Crippen LogP contribution in [0.4, 0.5) is 10.7 Å². The third-order valence-corrected chi connectivity index (χ3v) is 10.8. The van der Waals surface area contributed by atoms with Crippen LogP contribution >= 0.6 is 18.1 Å². The summed E-state index contributed by atoms with van der Waals surface area (Å²) in [6, 6.07) is -2.54. The lowest BCUT2D eigenvalue weighted by molar-refractivity contribution is -0.149. The first kappa shape index (κ1) is 32.8. The number of carbonyl (C=O) groups is 3. The highest BCUT2D eigenvalue weighted by atomic mass is 32.7. The molecule has 2 aromatic heterocycles. The van der Waals surface area contributed by atoms with E-state index in [1.807, 2.05) is 0 Å². The summed E-state index contributed by atoms with van der Waals surface area (Å²) in [5.41, 5.74) is 6.18. The molecular formula is C23H35N8O10PS. The second-order valence-electron chi connectivity index (χ2n) is 10.2. The number of hydrogen-bond acceptors (Lipinski definition) is 15. The topological polar surface area (TPSA) is 234 Å².